The Morgan fingerprint density at radius 3 is 2.33 bits per heavy atom. The lowest BCUT2D eigenvalue weighted by Crippen LogP contribution is -2.41. The van der Waals surface area contributed by atoms with E-state index in [9.17, 15) is 14.0 Å². The third-order valence-electron chi connectivity index (χ3n) is 4.93. The lowest BCUT2D eigenvalue weighted by Gasteiger charge is -2.32. The van der Waals surface area contributed by atoms with Gasteiger partial charge in [-0.15, -0.1) is 11.3 Å². The van der Waals surface area contributed by atoms with Crippen LogP contribution in [0.4, 0.5) is 19.7 Å². The van der Waals surface area contributed by atoms with Gasteiger partial charge in [-0.25, -0.2) is 19.0 Å². The number of nitrogens with one attached hydrogen (secondary N) is 1. The van der Waals surface area contributed by atoms with Gasteiger partial charge in [-0.05, 0) is 72.6 Å². The van der Waals surface area contributed by atoms with Crippen LogP contribution in [0, 0.1) is 5.82 Å². The number of hydrogen-bond acceptors (Lipinski definition) is 6. The van der Waals surface area contributed by atoms with Crippen LogP contribution in [0.25, 0.3) is 10.6 Å². The Balaban J connectivity index is 1.66. The van der Waals surface area contributed by atoms with Crippen LogP contribution in [0.3, 0.4) is 0 Å². The van der Waals surface area contributed by atoms with E-state index in [0.717, 1.165) is 18.5 Å². The van der Waals surface area contributed by atoms with Gasteiger partial charge in [-0.3, -0.25) is 5.32 Å². The maximum Gasteiger partial charge on any atom is 0.412 e. The van der Waals surface area contributed by atoms with E-state index in [1.165, 1.54) is 23.5 Å². The lowest BCUT2D eigenvalue weighted by molar-refractivity contribution is 0.0204. The summed E-state index contributed by atoms with van der Waals surface area (Å²) < 4.78 is 25.3. The van der Waals surface area contributed by atoms with Gasteiger partial charge in [-0.1, -0.05) is 0 Å². The number of hydrogen-bond donors (Lipinski definition) is 1. The molecular weight excluding hydrogens is 445 g/mol. The fraction of sp³-hybridized carbons (Fsp3) is 0.542. The van der Waals surface area contributed by atoms with Crippen LogP contribution in [-0.2, 0) is 9.47 Å². The van der Waals surface area contributed by atoms with Crippen molar-refractivity contribution in [2.45, 2.75) is 71.5 Å². The number of ether oxygens (including phenoxy) is 2. The average Bonchev–Trinajstić information content (AvgIpc) is 3.17. The molecule has 0 unspecified atom stereocenters. The van der Waals surface area contributed by atoms with E-state index in [0.29, 0.717) is 29.3 Å². The Morgan fingerprint density at radius 1 is 1.09 bits per heavy atom. The van der Waals surface area contributed by atoms with Crippen molar-refractivity contribution in [1.29, 1.82) is 0 Å². The third kappa shape index (κ3) is 7.15. The Hall–Kier alpha value is -2.68. The molecule has 33 heavy (non-hydrogen) atoms. The number of anilines is 1. The monoisotopic (exact) mass is 477 g/mol. The van der Waals surface area contributed by atoms with Gasteiger partial charge in [0.1, 0.15) is 22.0 Å². The summed E-state index contributed by atoms with van der Waals surface area (Å²) in [7, 11) is 0. The topological polar surface area (TPSA) is 80.8 Å². The minimum atomic E-state index is -0.629. The van der Waals surface area contributed by atoms with E-state index in [-0.39, 0.29) is 12.0 Å². The number of rotatable bonds is 3. The standard InChI is InChI=1S/C24H32FN3O4S/c1-23(2,3)31-21(29)26-16-7-8-18(25)17(13-16)20-27-19(14-33-20)15-9-11-28(12-10-15)22(30)32-24(4,5)6/h7-8,13-15H,9-12H2,1-6H3,(H,26,29). The predicted octanol–water partition coefficient (Wildman–Crippen LogP) is 6.41. The van der Waals surface area contributed by atoms with Gasteiger partial charge < -0.3 is 14.4 Å². The summed E-state index contributed by atoms with van der Waals surface area (Å²) in [6, 6.07) is 4.36. The fourth-order valence-electron chi connectivity index (χ4n) is 3.47. The van der Waals surface area contributed by atoms with Crippen LogP contribution < -0.4 is 5.32 Å². The molecule has 1 aromatic heterocycles. The highest BCUT2D eigenvalue weighted by Gasteiger charge is 2.28. The largest absolute Gasteiger partial charge is 0.444 e. The molecule has 2 amide bonds. The summed E-state index contributed by atoms with van der Waals surface area (Å²) in [5.41, 5.74) is 0.503. The Kier molecular flexibility index (Phi) is 7.31. The van der Waals surface area contributed by atoms with Crippen LogP contribution in [0.2, 0.25) is 0 Å². The van der Waals surface area contributed by atoms with Crippen LogP contribution >= 0.6 is 11.3 Å². The van der Waals surface area contributed by atoms with Gasteiger partial charge in [0.2, 0.25) is 0 Å². The van der Waals surface area contributed by atoms with Crippen molar-refractivity contribution in [2.75, 3.05) is 18.4 Å². The van der Waals surface area contributed by atoms with Crippen molar-refractivity contribution in [3.8, 4) is 10.6 Å². The van der Waals surface area contributed by atoms with Gasteiger partial charge >= 0.3 is 12.2 Å². The number of carbonyl (C=O) groups excluding carboxylic acids is 2. The molecule has 180 valence electrons. The van der Waals surface area contributed by atoms with Crippen LogP contribution in [0.5, 0.6) is 0 Å². The summed E-state index contributed by atoms with van der Waals surface area (Å²) in [5.74, 6) is -0.217. The first-order valence-corrected chi connectivity index (χ1v) is 11.9. The number of halogens is 1. The summed E-state index contributed by atoms with van der Waals surface area (Å²) >= 11 is 1.36. The zero-order valence-electron chi connectivity index (χ0n) is 20.0. The zero-order chi connectivity index (χ0) is 24.4. The van der Waals surface area contributed by atoms with Crippen molar-refractivity contribution in [3.05, 3.63) is 35.1 Å². The molecule has 1 aromatic carbocycles. The SMILES string of the molecule is CC(C)(C)OC(=O)Nc1ccc(F)c(-c2nc(C3CCN(C(=O)OC(C)(C)C)CC3)cs2)c1. The first-order chi connectivity index (χ1) is 15.3. The number of piperidine rings is 1. The van der Waals surface area contributed by atoms with Crippen LogP contribution in [-0.4, -0.2) is 46.4 Å². The highest BCUT2D eigenvalue weighted by molar-refractivity contribution is 7.13. The summed E-state index contributed by atoms with van der Waals surface area (Å²) in [4.78, 5) is 30.7. The highest BCUT2D eigenvalue weighted by Crippen LogP contribution is 2.34. The molecule has 7 nitrogen and oxygen atoms in total. The number of aromatic nitrogens is 1. The summed E-state index contributed by atoms with van der Waals surface area (Å²) in [5, 5.41) is 5.12. The molecule has 1 aliphatic rings. The molecule has 0 saturated carbocycles. The van der Waals surface area contributed by atoms with Crippen molar-refractivity contribution in [1.82, 2.24) is 9.88 Å². The third-order valence-corrected chi connectivity index (χ3v) is 5.82. The highest BCUT2D eigenvalue weighted by atomic mass is 32.1. The van der Waals surface area contributed by atoms with Crippen molar-refractivity contribution in [2.24, 2.45) is 0 Å². The molecule has 0 spiro atoms. The zero-order valence-corrected chi connectivity index (χ0v) is 20.8. The van der Waals surface area contributed by atoms with Crippen LogP contribution in [0.1, 0.15) is 66.0 Å². The second-order valence-electron chi connectivity index (χ2n) is 10.1. The molecule has 3 rings (SSSR count). The average molecular weight is 478 g/mol. The van der Waals surface area contributed by atoms with Crippen molar-refractivity contribution in [3.63, 3.8) is 0 Å². The minimum absolute atomic E-state index is 0.194. The molecular formula is C24H32FN3O4S. The molecule has 1 saturated heterocycles. The Bertz CT molecular complexity index is 1000. The molecule has 0 radical (unpaired) electrons. The smallest absolute Gasteiger partial charge is 0.412 e. The molecule has 2 heterocycles. The first-order valence-electron chi connectivity index (χ1n) is 11.0. The Labute approximate surface area is 198 Å². The van der Waals surface area contributed by atoms with Gasteiger partial charge in [0.15, 0.2) is 0 Å². The van der Waals surface area contributed by atoms with Crippen molar-refractivity contribution >= 4 is 29.2 Å². The maximum atomic E-state index is 14.6. The maximum absolute atomic E-state index is 14.6. The number of benzene rings is 1. The molecule has 0 bridgehead atoms. The van der Waals surface area contributed by atoms with Gasteiger partial charge in [0.25, 0.3) is 0 Å². The minimum Gasteiger partial charge on any atom is -0.444 e. The van der Waals surface area contributed by atoms with Gasteiger partial charge in [0, 0.05) is 35.6 Å². The number of nitrogens with zero attached hydrogens (tertiary/aromatic N) is 2. The van der Waals surface area contributed by atoms with E-state index in [2.05, 4.69) is 10.3 Å². The van der Waals surface area contributed by atoms with Crippen LogP contribution in [0.15, 0.2) is 23.6 Å². The molecule has 2 aromatic rings. The van der Waals surface area contributed by atoms with E-state index in [1.807, 2.05) is 26.2 Å². The molecule has 9 heteroatoms. The lowest BCUT2D eigenvalue weighted by atomic mass is 9.94. The number of thiazole rings is 1. The second-order valence-corrected chi connectivity index (χ2v) is 11.0. The Morgan fingerprint density at radius 2 is 1.73 bits per heavy atom. The van der Waals surface area contributed by atoms with Gasteiger partial charge in [-0.2, -0.15) is 0 Å². The summed E-state index contributed by atoms with van der Waals surface area (Å²) in [6.07, 6.45) is 0.643. The number of carbonyl (C=O) groups is 2. The normalized spacial score (nSPS) is 15.3. The molecule has 1 aliphatic heterocycles. The van der Waals surface area contributed by atoms with E-state index in [1.54, 1.807) is 31.7 Å². The quantitative estimate of drug-likeness (QED) is 0.552. The predicted molar refractivity (Wildman–Crippen MR) is 127 cm³/mol. The first kappa shape index (κ1) is 25.0. The number of amides is 2. The summed E-state index contributed by atoms with van der Waals surface area (Å²) in [6.45, 7) is 12.1. The number of likely N-dealkylation sites (tertiary alicyclic amines) is 1. The van der Waals surface area contributed by atoms with E-state index in [4.69, 9.17) is 9.47 Å². The molecule has 1 N–H and O–H groups in total. The molecule has 0 aliphatic carbocycles. The fourth-order valence-corrected chi connectivity index (χ4v) is 4.39. The molecule has 1 fully saturated rings. The second kappa shape index (κ2) is 9.67. The molecule has 0 atom stereocenters. The van der Waals surface area contributed by atoms with Crippen molar-refractivity contribution < 1.29 is 23.5 Å². The van der Waals surface area contributed by atoms with E-state index < -0.39 is 23.1 Å². The van der Waals surface area contributed by atoms with E-state index >= 15 is 0 Å². The van der Waals surface area contributed by atoms with Gasteiger partial charge in [0.05, 0.1) is 5.69 Å².